The Morgan fingerprint density at radius 1 is 1.62 bits per heavy atom. The van der Waals surface area contributed by atoms with E-state index in [0.717, 1.165) is 25.7 Å². The van der Waals surface area contributed by atoms with Crippen molar-refractivity contribution in [1.82, 2.24) is 0 Å². The Bertz CT molecular complexity index is 299. The molecule has 2 nitrogen and oxygen atoms in total. The zero-order valence-electron chi connectivity index (χ0n) is 7.32. The first-order valence-electron chi connectivity index (χ1n) is 4.49. The van der Waals surface area contributed by atoms with E-state index in [-0.39, 0.29) is 0 Å². The molecule has 0 unspecified atom stereocenters. The number of rotatable bonds is 3. The first-order chi connectivity index (χ1) is 6.23. The molecule has 0 spiro atoms. The summed E-state index contributed by atoms with van der Waals surface area (Å²) in [4.78, 5) is 12.2. The third kappa shape index (κ3) is 1.48. The fourth-order valence-corrected chi connectivity index (χ4v) is 2.67. The summed E-state index contributed by atoms with van der Waals surface area (Å²) in [5.41, 5.74) is -0.426. The van der Waals surface area contributed by atoms with Gasteiger partial charge in [0.15, 0.2) is 0 Å². The molecule has 3 heteroatoms. The molecule has 1 heterocycles. The summed E-state index contributed by atoms with van der Waals surface area (Å²) in [6.07, 6.45) is 3.48. The van der Waals surface area contributed by atoms with Crippen LogP contribution in [0.2, 0.25) is 0 Å². The van der Waals surface area contributed by atoms with Crippen LogP contribution in [0.4, 0.5) is 0 Å². The van der Waals surface area contributed by atoms with Crippen LogP contribution in [-0.4, -0.2) is 11.1 Å². The second kappa shape index (κ2) is 3.14. The van der Waals surface area contributed by atoms with Crippen LogP contribution in [0.5, 0.6) is 0 Å². The summed E-state index contributed by atoms with van der Waals surface area (Å²) >= 11 is 1.65. The molecule has 1 aromatic heterocycles. The van der Waals surface area contributed by atoms with Crippen molar-refractivity contribution < 1.29 is 9.90 Å². The Morgan fingerprint density at radius 2 is 2.38 bits per heavy atom. The van der Waals surface area contributed by atoms with Crippen molar-refractivity contribution >= 4 is 17.3 Å². The molecule has 1 fully saturated rings. The van der Waals surface area contributed by atoms with Gasteiger partial charge in [-0.25, -0.2) is 0 Å². The van der Waals surface area contributed by atoms with E-state index in [1.807, 2.05) is 17.5 Å². The van der Waals surface area contributed by atoms with Crippen LogP contribution in [0.15, 0.2) is 17.5 Å². The Kier molecular flexibility index (Phi) is 2.12. The molecule has 0 bridgehead atoms. The van der Waals surface area contributed by atoms with Crippen LogP contribution in [0.25, 0.3) is 0 Å². The number of carboxylic acids is 1. The SMILES string of the molecule is O=C(O)C1(Cc2cccs2)CCC1. The Hall–Kier alpha value is -0.830. The first-order valence-corrected chi connectivity index (χ1v) is 5.37. The van der Waals surface area contributed by atoms with Crippen molar-refractivity contribution in [2.75, 3.05) is 0 Å². The van der Waals surface area contributed by atoms with E-state index in [1.165, 1.54) is 4.88 Å². The molecule has 13 heavy (non-hydrogen) atoms. The zero-order valence-corrected chi connectivity index (χ0v) is 8.14. The van der Waals surface area contributed by atoms with Gasteiger partial charge in [0, 0.05) is 4.88 Å². The van der Waals surface area contributed by atoms with E-state index in [2.05, 4.69) is 0 Å². The van der Waals surface area contributed by atoms with Crippen molar-refractivity contribution in [3.05, 3.63) is 22.4 Å². The van der Waals surface area contributed by atoms with Crippen LogP contribution < -0.4 is 0 Å². The van der Waals surface area contributed by atoms with Crippen LogP contribution in [0.3, 0.4) is 0 Å². The number of aliphatic carboxylic acids is 1. The maximum absolute atomic E-state index is 11.0. The molecule has 0 amide bonds. The Labute approximate surface area is 81.2 Å². The summed E-state index contributed by atoms with van der Waals surface area (Å²) in [6, 6.07) is 4.00. The van der Waals surface area contributed by atoms with E-state index >= 15 is 0 Å². The van der Waals surface area contributed by atoms with Crippen LogP contribution in [0.1, 0.15) is 24.1 Å². The van der Waals surface area contributed by atoms with Gasteiger partial charge < -0.3 is 5.11 Å². The van der Waals surface area contributed by atoms with Gasteiger partial charge in [-0.1, -0.05) is 12.5 Å². The van der Waals surface area contributed by atoms with Gasteiger partial charge in [0.05, 0.1) is 5.41 Å². The minimum atomic E-state index is -0.618. The molecular weight excluding hydrogens is 184 g/mol. The lowest BCUT2D eigenvalue weighted by molar-refractivity contribution is -0.154. The van der Waals surface area contributed by atoms with Crippen LogP contribution >= 0.6 is 11.3 Å². The zero-order chi connectivity index (χ0) is 9.31. The fourth-order valence-electron chi connectivity index (χ4n) is 1.82. The summed E-state index contributed by atoms with van der Waals surface area (Å²) in [5, 5.41) is 11.1. The van der Waals surface area contributed by atoms with Gasteiger partial charge >= 0.3 is 5.97 Å². The highest BCUT2D eigenvalue weighted by molar-refractivity contribution is 7.09. The van der Waals surface area contributed by atoms with Gasteiger partial charge in [-0.3, -0.25) is 4.79 Å². The van der Waals surface area contributed by atoms with Crippen molar-refractivity contribution in [3.63, 3.8) is 0 Å². The maximum atomic E-state index is 11.0. The molecule has 1 N–H and O–H groups in total. The first kappa shape index (κ1) is 8.75. The highest BCUT2D eigenvalue weighted by Gasteiger charge is 2.44. The van der Waals surface area contributed by atoms with E-state index in [4.69, 9.17) is 5.11 Å². The Balaban J connectivity index is 2.11. The van der Waals surface area contributed by atoms with E-state index in [0.29, 0.717) is 0 Å². The van der Waals surface area contributed by atoms with Crippen LogP contribution in [0, 0.1) is 5.41 Å². The predicted molar refractivity (Wildman–Crippen MR) is 51.9 cm³/mol. The van der Waals surface area contributed by atoms with Crippen LogP contribution in [-0.2, 0) is 11.2 Å². The van der Waals surface area contributed by atoms with Gasteiger partial charge in [-0.2, -0.15) is 0 Å². The summed E-state index contributed by atoms with van der Waals surface area (Å²) in [7, 11) is 0. The summed E-state index contributed by atoms with van der Waals surface area (Å²) in [5.74, 6) is -0.618. The van der Waals surface area contributed by atoms with E-state index in [1.54, 1.807) is 11.3 Å². The van der Waals surface area contributed by atoms with Crippen molar-refractivity contribution in [1.29, 1.82) is 0 Å². The molecule has 70 valence electrons. The second-order valence-corrected chi connectivity index (χ2v) is 4.73. The van der Waals surface area contributed by atoms with Gasteiger partial charge in [0.1, 0.15) is 0 Å². The molecule has 0 atom stereocenters. The largest absolute Gasteiger partial charge is 0.481 e. The normalized spacial score (nSPS) is 19.4. The van der Waals surface area contributed by atoms with Gasteiger partial charge in [0.2, 0.25) is 0 Å². The summed E-state index contributed by atoms with van der Waals surface area (Å²) in [6.45, 7) is 0. The monoisotopic (exact) mass is 196 g/mol. The molecule has 1 aliphatic carbocycles. The molecule has 1 aliphatic rings. The molecule has 0 saturated heterocycles. The molecular formula is C10H12O2S. The molecule has 0 radical (unpaired) electrons. The highest BCUT2D eigenvalue weighted by atomic mass is 32.1. The van der Waals surface area contributed by atoms with Gasteiger partial charge in [0.25, 0.3) is 0 Å². The number of hydrogen-bond acceptors (Lipinski definition) is 2. The maximum Gasteiger partial charge on any atom is 0.309 e. The topological polar surface area (TPSA) is 37.3 Å². The van der Waals surface area contributed by atoms with Crippen molar-refractivity contribution in [3.8, 4) is 0 Å². The summed E-state index contributed by atoms with van der Waals surface area (Å²) < 4.78 is 0. The van der Waals surface area contributed by atoms with Gasteiger partial charge in [-0.15, -0.1) is 11.3 Å². The average molecular weight is 196 g/mol. The molecule has 2 rings (SSSR count). The van der Waals surface area contributed by atoms with Crippen molar-refractivity contribution in [2.24, 2.45) is 5.41 Å². The van der Waals surface area contributed by atoms with Gasteiger partial charge in [-0.05, 0) is 30.7 Å². The number of thiophene rings is 1. The standard InChI is InChI=1S/C10H12O2S/c11-9(12)10(4-2-5-10)7-8-3-1-6-13-8/h1,3,6H,2,4-5,7H2,(H,11,12). The lowest BCUT2D eigenvalue weighted by atomic mass is 9.66. The minimum Gasteiger partial charge on any atom is -0.481 e. The molecule has 1 aromatic rings. The third-order valence-electron chi connectivity index (χ3n) is 2.86. The predicted octanol–water partition coefficient (Wildman–Crippen LogP) is 2.55. The highest BCUT2D eigenvalue weighted by Crippen LogP contribution is 2.44. The molecule has 1 saturated carbocycles. The lowest BCUT2D eigenvalue weighted by Gasteiger charge is -2.37. The quantitative estimate of drug-likeness (QED) is 0.806. The van der Waals surface area contributed by atoms with E-state index < -0.39 is 11.4 Å². The van der Waals surface area contributed by atoms with Crippen molar-refractivity contribution in [2.45, 2.75) is 25.7 Å². The third-order valence-corrected chi connectivity index (χ3v) is 3.73. The second-order valence-electron chi connectivity index (χ2n) is 3.70. The minimum absolute atomic E-state index is 0.426. The van der Waals surface area contributed by atoms with E-state index in [9.17, 15) is 4.79 Å². The Morgan fingerprint density at radius 3 is 2.77 bits per heavy atom. The fraction of sp³-hybridized carbons (Fsp3) is 0.500. The number of carboxylic acid groups (broad SMARTS) is 1. The molecule has 0 aromatic carbocycles. The number of hydrogen-bond donors (Lipinski definition) is 1. The smallest absolute Gasteiger partial charge is 0.309 e. The lowest BCUT2D eigenvalue weighted by Crippen LogP contribution is -2.39. The number of carbonyl (C=O) groups is 1. The molecule has 0 aliphatic heterocycles. The average Bonchev–Trinajstić information content (AvgIpc) is 2.47.